The molecule has 0 unspecified atom stereocenters. The van der Waals surface area contributed by atoms with E-state index >= 15 is 0 Å². The van der Waals surface area contributed by atoms with E-state index in [9.17, 15) is 4.79 Å². The van der Waals surface area contributed by atoms with Gasteiger partial charge in [0.05, 0.1) is 5.69 Å². The van der Waals surface area contributed by atoms with Gasteiger partial charge in [0.25, 0.3) is 11.8 Å². The number of carbonyl (C=O) groups excluding carboxylic acids is 1. The third-order valence-electron chi connectivity index (χ3n) is 3.53. The molecule has 6 heteroatoms. The summed E-state index contributed by atoms with van der Waals surface area (Å²) in [4.78, 5) is 17.5. The lowest BCUT2D eigenvalue weighted by Gasteiger charge is -2.04. The number of hydrogen-bond acceptors (Lipinski definition) is 5. The van der Waals surface area contributed by atoms with E-state index in [-0.39, 0.29) is 5.91 Å². The van der Waals surface area contributed by atoms with Crippen LogP contribution in [0.4, 0.5) is 5.69 Å². The minimum absolute atomic E-state index is 0.151. The predicted molar refractivity (Wildman–Crippen MR) is 84.0 cm³/mol. The molecule has 1 aliphatic carbocycles. The average molecular weight is 311 g/mol. The zero-order valence-electron chi connectivity index (χ0n) is 11.7. The van der Waals surface area contributed by atoms with Crippen LogP contribution in [0.1, 0.15) is 34.9 Å². The first kappa shape index (κ1) is 13.2. The number of nitrogens with zero attached hydrogens (tertiary/aromatic N) is 2. The molecule has 1 saturated carbocycles. The van der Waals surface area contributed by atoms with Gasteiger partial charge in [0, 0.05) is 11.5 Å². The van der Waals surface area contributed by atoms with E-state index in [2.05, 4.69) is 15.5 Å². The molecular formula is C16H13N3O2S. The SMILES string of the molecule is O=C(Nc1ccsc1-c1nc(C2CC2)no1)c1ccccc1. The summed E-state index contributed by atoms with van der Waals surface area (Å²) in [6.07, 6.45) is 2.25. The molecular weight excluding hydrogens is 298 g/mol. The lowest BCUT2D eigenvalue weighted by atomic mass is 10.2. The molecule has 1 N–H and O–H groups in total. The molecule has 22 heavy (non-hydrogen) atoms. The van der Waals surface area contributed by atoms with Gasteiger partial charge in [-0.2, -0.15) is 4.98 Å². The van der Waals surface area contributed by atoms with Crippen molar-refractivity contribution in [1.82, 2.24) is 10.1 Å². The molecule has 110 valence electrons. The summed E-state index contributed by atoms with van der Waals surface area (Å²) in [5, 5.41) is 8.82. The van der Waals surface area contributed by atoms with E-state index in [0.29, 0.717) is 23.1 Å². The Hall–Kier alpha value is -2.47. The molecule has 0 aliphatic heterocycles. The van der Waals surface area contributed by atoms with E-state index in [0.717, 1.165) is 23.5 Å². The summed E-state index contributed by atoms with van der Waals surface area (Å²) >= 11 is 1.47. The van der Waals surface area contributed by atoms with Crippen molar-refractivity contribution in [3.05, 3.63) is 53.2 Å². The highest BCUT2D eigenvalue weighted by atomic mass is 32.1. The van der Waals surface area contributed by atoms with Crippen LogP contribution in [0.5, 0.6) is 0 Å². The maximum Gasteiger partial charge on any atom is 0.270 e. The number of benzene rings is 1. The highest BCUT2D eigenvalue weighted by Gasteiger charge is 2.29. The lowest BCUT2D eigenvalue weighted by Crippen LogP contribution is -2.11. The molecule has 2 heterocycles. The lowest BCUT2D eigenvalue weighted by molar-refractivity contribution is 0.102. The Morgan fingerprint density at radius 3 is 2.82 bits per heavy atom. The van der Waals surface area contributed by atoms with Gasteiger partial charge in [-0.3, -0.25) is 4.79 Å². The fraction of sp³-hybridized carbons (Fsp3) is 0.188. The van der Waals surface area contributed by atoms with E-state index in [4.69, 9.17) is 4.52 Å². The summed E-state index contributed by atoms with van der Waals surface area (Å²) in [5.74, 6) is 1.53. The predicted octanol–water partition coefficient (Wildman–Crippen LogP) is 3.93. The maximum atomic E-state index is 12.2. The molecule has 0 bridgehead atoms. The van der Waals surface area contributed by atoms with Gasteiger partial charge in [0.15, 0.2) is 5.82 Å². The first-order chi connectivity index (χ1) is 10.8. The van der Waals surface area contributed by atoms with Crippen molar-refractivity contribution in [1.29, 1.82) is 0 Å². The van der Waals surface area contributed by atoms with Crippen LogP contribution in [0.3, 0.4) is 0 Å². The van der Waals surface area contributed by atoms with Crippen molar-refractivity contribution in [2.24, 2.45) is 0 Å². The monoisotopic (exact) mass is 311 g/mol. The van der Waals surface area contributed by atoms with E-state index < -0.39 is 0 Å². The molecule has 1 fully saturated rings. The van der Waals surface area contributed by atoms with Crippen LogP contribution < -0.4 is 5.32 Å². The minimum atomic E-state index is -0.151. The normalized spacial score (nSPS) is 14.0. The topological polar surface area (TPSA) is 68.0 Å². The van der Waals surface area contributed by atoms with Gasteiger partial charge in [-0.1, -0.05) is 23.4 Å². The zero-order chi connectivity index (χ0) is 14.9. The van der Waals surface area contributed by atoms with Crippen molar-refractivity contribution < 1.29 is 9.32 Å². The molecule has 0 spiro atoms. The summed E-state index contributed by atoms with van der Waals surface area (Å²) in [5.41, 5.74) is 1.31. The van der Waals surface area contributed by atoms with Gasteiger partial charge in [0.2, 0.25) is 0 Å². The smallest absolute Gasteiger partial charge is 0.270 e. The number of amides is 1. The van der Waals surface area contributed by atoms with Gasteiger partial charge in [-0.25, -0.2) is 0 Å². The van der Waals surface area contributed by atoms with Crippen molar-refractivity contribution >= 4 is 22.9 Å². The van der Waals surface area contributed by atoms with Crippen LogP contribution in [0, 0.1) is 0 Å². The van der Waals surface area contributed by atoms with Gasteiger partial charge < -0.3 is 9.84 Å². The van der Waals surface area contributed by atoms with Crippen LogP contribution in [0.15, 0.2) is 46.3 Å². The van der Waals surface area contributed by atoms with Crippen LogP contribution in [-0.2, 0) is 0 Å². The molecule has 0 atom stereocenters. The van der Waals surface area contributed by atoms with Gasteiger partial charge in [-0.15, -0.1) is 11.3 Å². The van der Waals surface area contributed by atoms with E-state index in [1.54, 1.807) is 12.1 Å². The van der Waals surface area contributed by atoms with Gasteiger partial charge >= 0.3 is 0 Å². The molecule has 4 rings (SSSR count). The highest BCUT2D eigenvalue weighted by molar-refractivity contribution is 7.14. The van der Waals surface area contributed by atoms with E-state index in [1.807, 2.05) is 29.6 Å². The number of anilines is 1. The minimum Gasteiger partial charge on any atom is -0.333 e. The summed E-state index contributed by atoms with van der Waals surface area (Å²) in [6, 6.07) is 11.0. The van der Waals surface area contributed by atoms with Crippen molar-refractivity contribution in [3.63, 3.8) is 0 Å². The first-order valence-electron chi connectivity index (χ1n) is 7.09. The second-order valence-corrected chi connectivity index (χ2v) is 6.13. The molecule has 0 radical (unpaired) electrons. The molecule has 2 aromatic heterocycles. The third-order valence-corrected chi connectivity index (χ3v) is 4.43. The number of nitrogens with one attached hydrogen (secondary N) is 1. The second kappa shape index (κ2) is 5.38. The van der Waals surface area contributed by atoms with Crippen molar-refractivity contribution in [2.75, 3.05) is 5.32 Å². The quantitative estimate of drug-likeness (QED) is 0.792. The van der Waals surface area contributed by atoms with Crippen LogP contribution in [0.25, 0.3) is 10.8 Å². The third kappa shape index (κ3) is 2.53. The Bertz CT molecular complexity index is 806. The standard InChI is InChI=1S/C16H13N3O2S/c20-15(11-4-2-1-3-5-11)17-12-8-9-22-13(12)16-18-14(19-21-16)10-6-7-10/h1-5,8-10H,6-7H2,(H,17,20). The van der Waals surface area contributed by atoms with Crippen molar-refractivity contribution in [2.45, 2.75) is 18.8 Å². The number of rotatable bonds is 4. The molecule has 0 saturated heterocycles. The molecule has 1 aromatic carbocycles. The Kier molecular flexibility index (Phi) is 3.23. The van der Waals surface area contributed by atoms with Gasteiger partial charge in [-0.05, 0) is 36.4 Å². The average Bonchev–Trinajstić information content (AvgIpc) is 3.10. The largest absolute Gasteiger partial charge is 0.333 e. The number of hydrogen-bond donors (Lipinski definition) is 1. The van der Waals surface area contributed by atoms with Crippen LogP contribution in [0.2, 0.25) is 0 Å². The Labute approximate surface area is 131 Å². The molecule has 1 amide bonds. The molecule has 1 aliphatic rings. The summed E-state index contributed by atoms with van der Waals surface area (Å²) in [6.45, 7) is 0. The fourth-order valence-electron chi connectivity index (χ4n) is 2.19. The Morgan fingerprint density at radius 1 is 1.23 bits per heavy atom. The zero-order valence-corrected chi connectivity index (χ0v) is 12.5. The maximum absolute atomic E-state index is 12.2. The molecule has 5 nitrogen and oxygen atoms in total. The molecule has 3 aromatic rings. The second-order valence-electron chi connectivity index (χ2n) is 5.22. The fourth-order valence-corrected chi connectivity index (χ4v) is 2.96. The van der Waals surface area contributed by atoms with Crippen LogP contribution >= 0.6 is 11.3 Å². The number of carbonyl (C=O) groups is 1. The number of aromatic nitrogens is 2. The van der Waals surface area contributed by atoms with E-state index in [1.165, 1.54) is 11.3 Å². The summed E-state index contributed by atoms with van der Waals surface area (Å²) < 4.78 is 5.34. The highest BCUT2D eigenvalue weighted by Crippen LogP contribution is 2.40. The number of thiophene rings is 1. The Morgan fingerprint density at radius 2 is 2.05 bits per heavy atom. The van der Waals surface area contributed by atoms with Gasteiger partial charge in [0.1, 0.15) is 4.88 Å². The Balaban J connectivity index is 1.58. The van der Waals surface area contributed by atoms with Crippen molar-refractivity contribution in [3.8, 4) is 10.8 Å². The first-order valence-corrected chi connectivity index (χ1v) is 7.97. The van der Waals surface area contributed by atoms with Crippen LogP contribution in [-0.4, -0.2) is 16.0 Å². The summed E-state index contributed by atoms with van der Waals surface area (Å²) in [7, 11) is 0.